The van der Waals surface area contributed by atoms with Gasteiger partial charge in [-0.25, -0.2) is 23.9 Å². The van der Waals surface area contributed by atoms with Crippen molar-refractivity contribution in [3.63, 3.8) is 0 Å². The largest absolute Gasteiger partial charge is 0.478 e. The van der Waals surface area contributed by atoms with E-state index in [9.17, 15) is 19.1 Å². The van der Waals surface area contributed by atoms with Gasteiger partial charge in [0, 0.05) is 42.3 Å². The third-order valence-electron chi connectivity index (χ3n) is 5.41. The fraction of sp³-hybridized carbons (Fsp3) is 0.308. The second-order valence-electron chi connectivity index (χ2n) is 9.45. The molecular formula is C26H26BrFN4O5. The lowest BCUT2D eigenvalue weighted by Gasteiger charge is -2.36. The number of anilines is 1. The number of pyridine rings is 2. The SMILES string of the molecule is CC(C)(C)OC(=O)N1CCN(c2ccc(Oc3cc(C(=O)O)cc(-c4cc(F)cc(Br)c4)n3)cn2)CC1. The van der Waals surface area contributed by atoms with Crippen LogP contribution in [-0.2, 0) is 4.74 Å². The van der Waals surface area contributed by atoms with E-state index >= 15 is 0 Å². The normalized spacial score (nSPS) is 13.9. The van der Waals surface area contributed by atoms with Crippen LogP contribution in [0.15, 0.2) is 53.1 Å². The average Bonchev–Trinajstić information content (AvgIpc) is 2.83. The zero-order chi connectivity index (χ0) is 26.7. The van der Waals surface area contributed by atoms with Crippen molar-refractivity contribution in [3.05, 3.63) is 64.5 Å². The van der Waals surface area contributed by atoms with Crippen LogP contribution in [-0.4, -0.2) is 63.8 Å². The zero-order valence-electron chi connectivity index (χ0n) is 20.6. The highest BCUT2D eigenvalue weighted by Gasteiger charge is 2.26. The summed E-state index contributed by atoms with van der Waals surface area (Å²) in [4.78, 5) is 36.5. The summed E-state index contributed by atoms with van der Waals surface area (Å²) in [5.74, 6) is -0.536. The van der Waals surface area contributed by atoms with Crippen LogP contribution in [0.25, 0.3) is 11.3 Å². The van der Waals surface area contributed by atoms with Gasteiger partial charge in [-0.15, -0.1) is 0 Å². The van der Waals surface area contributed by atoms with Gasteiger partial charge < -0.3 is 24.4 Å². The van der Waals surface area contributed by atoms with Crippen molar-refractivity contribution in [3.8, 4) is 22.9 Å². The highest BCUT2D eigenvalue weighted by atomic mass is 79.9. The number of halogens is 2. The first-order valence-electron chi connectivity index (χ1n) is 11.6. The Hall–Kier alpha value is -3.73. The molecule has 1 amide bonds. The first kappa shape index (κ1) is 26.3. The Kier molecular flexibility index (Phi) is 7.63. The number of aromatic nitrogens is 2. The van der Waals surface area contributed by atoms with Gasteiger partial charge in [-0.2, -0.15) is 0 Å². The summed E-state index contributed by atoms with van der Waals surface area (Å²) in [6.07, 6.45) is 1.19. The van der Waals surface area contributed by atoms with Crippen molar-refractivity contribution in [2.24, 2.45) is 0 Å². The number of carboxylic acids is 1. The predicted molar refractivity (Wildman–Crippen MR) is 139 cm³/mol. The maximum absolute atomic E-state index is 13.9. The summed E-state index contributed by atoms with van der Waals surface area (Å²) in [5.41, 5.74) is 0.0634. The van der Waals surface area contributed by atoms with Crippen molar-refractivity contribution in [1.29, 1.82) is 0 Å². The molecule has 37 heavy (non-hydrogen) atoms. The minimum Gasteiger partial charge on any atom is -0.478 e. The molecule has 0 bridgehead atoms. The van der Waals surface area contributed by atoms with Crippen molar-refractivity contribution < 1.29 is 28.6 Å². The zero-order valence-corrected chi connectivity index (χ0v) is 22.2. The molecule has 1 aliphatic heterocycles. The van der Waals surface area contributed by atoms with Crippen molar-refractivity contribution >= 4 is 33.8 Å². The van der Waals surface area contributed by atoms with Crippen LogP contribution in [0.1, 0.15) is 31.1 Å². The lowest BCUT2D eigenvalue weighted by Crippen LogP contribution is -2.50. The third-order valence-corrected chi connectivity index (χ3v) is 5.86. The molecule has 1 aromatic carbocycles. The number of carboxylic acid groups (broad SMARTS) is 1. The number of rotatable bonds is 5. The minimum atomic E-state index is -1.16. The number of hydrogen-bond donors (Lipinski definition) is 1. The molecule has 3 heterocycles. The number of carbonyl (C=O) groups excluding carboxylic acids is 1. The Bertz CT molecular complexity index is 1290. The molecule has 1 saturated heterocycles. The van der Waals surface area contributed by atoms with E-state index in [0.29, 0.717) is 47.8 Å². The summed E-state index contributed by atoms with van der Waals surface area (Å²) in [5, 5.41) is 9.53. The van der Waals surface area contributed by atoms with E-state index < -0.39 is 17.4 Å². The molecule has 0 saturated carbocycles. The summed E-state index contributed by atoms with van der Waals surface area (Å²) >= 11 is 3.24. The minimum absolute atomic E-state index is 0.0378. The second kappa shape index (κ2) is 10.7. The topological polar surface area (TPSA) is 105 Å². The van der Waals surface area contributed by atoms with E-state index in [2.05, 4.69) is 25.9 Å². The molecule has 1 aliphatic rings. The molecule has 4 rings (SSSR count). The molecule has 0 radical (unpaired) electrons. The fourth-order valence-electron chi connectivity index (χ4n) is 3.72. The highest BCUT2D eigenvalue weighted by Crippen LogP contribution is 2.29. The van der Waals surface area contributed by atoms with Gasteiger partial charge in [-0.1, -0.05) is 15.9 Å². The van der Waals surface area contributed by atoms with E-state index in [1.165, 1.54) is 30.5 Å². The van der Waals surface area contributed by atoms with Gasteiger partial charge in [-0.3, -0.25) is 0 Å². The molecule has 194 valence electrons. The van der Waals surface area contributed by atoms with Gasteiger partial charge >= 0.3 is 12.1 Å². The Morgan fingerprint density at radius 2 is 1.78 bits per heavy atom. The third kappa shape index (κ3) is 6.94. The van der Waals surface area contributed by atoms with Gasteiger partial charge in [0.1, 0.15) is 23.0 Å². The monoisotopic (exact) mass is 572 g/mol. The number of carbonyl (C=O) groups is 2. The highest BCUT2D eigenvalue weighted by molar-refractivity contribution is 9.10. The number of nitrogens with zero attached hydrogens (tertiary/aromatic N) is 4. The fourth-order valence-corrected chi connectivity index (χ4v) is 4.18. The summed E-state index contributed by atoms with van der Waals surface area (Å²) in [7, 11) is 0. The molecule has 2 aromatic heterocycles. The van der Waals surface area contributed by atoms with Crippen molar-refractivity contribution in [1.82, 2.24) is 14.9 Å². The first-order valence-corrected chi connectivity index (χ1v) is 12.3. The van der Waals surface area contributed by atoms with Crippen LogP contribution in [0.5, 0.6) is 11.6 Å². The quantitative estimate of drug-likeness (QED) is 0.421. The van der Waals surface area contributed by atoms with E-state index in [4.69, 9.17) is 9.47 Å². The van der Waals surface area contributed by atoms with Gasteiger partial charge in [-0.05, 0) is 57.2 Å². The van der Waals surface area contributed by atoms with Crippen LogP contribution >= 0.6 is 15.9 Å². The van der Waals surface area contributed by atoms with E-state index in [-0.39, 0.29) is 23.2 Å². The standard InChI is InChI=1S/C26H26BrFN4O5/c1-26(2,3)37-25(35)32-8-6-31(7-9-32)22-5-4-20(15-29-22)36-23-13-17(24(33)34)12-21(30-23)16-10-18(27)14-19(28)11-16/h4-5,10-15H,6-9H2,1-3H3,(H,33,34). The summed E-state index contributed by atoms with van der Waals surface area (Å²) in [6.45, 7) is 7.73. The van der Waals surface area contributed by atoms with Crippen LogP contribution < -0.4 is 9.64 Å². The number of aromatic carboxylic acids is 1. The van der Waals surface area contributed by atoms with E-state index in [1.54, 1.807) is 23.1 Å². The smallest absolute Gasteiger partial charge is 0.410 e. The summed E-state index contributed by atoms with van der Waals surface area (Å²) < 4.78 is 25.6. The number of amides is 1. The molecule has 9 nitrogen and oxygen atoms in total. The van der Waals surface area contributed by atoms with Crippen LogP contribution in [0.2, 0.25) is 0 Å². The number of ether oxygens (including phenoxy) is 2. The van der Waals surface area contributed by atoms with Crippen molar-refractivity contribution in [2.45, 2.75) is 26.4 Å². The van der Waals surface area contributed by atoms with Crippen LogP contribution in [0, 0.1) is 5.82 Å². The second-order valence-corrected chi connectivity index (χ2v) is 10.4. The molecule has 11 heteroatoms. The Morgan fingerprint density at radius 3 is 2.38 bits per heavy atom. The van der Waals surface area contributed by atoms with E-state index in [0.717, 1.165) is 0 Å². The Labute approximate surface area is 222 Å². The van der Waals surface area contributed by atoms with Gasteiger partial charge in [0.15, 0.2) is 0 Å². The molecular weight excluding hydrogens is 547 g/mol. The number of hydrogen-bond acceptors (Lipinski definition) is 7. The maximum atomic E-state index is 13.9. The lowest BCUT2D eigenvalue weighted by molar-refractivity contribution is 0.0240. The molecule has 1 fully saturated rings. The van der Waals surface area contributed by atoms with Crippen LogP contribution in [0.3, 0.4) is 0 Å². The van der Waals surface area contributed by atoms with Gasteiger partial charge in [0.05, 0.1) is 17.5 Å². The molecule has 0 unspecified atom stereocenters. The van der Waals surface area contributed by atoms with E-state index in [1.807, 2.05) is 25.7 Å². The molecule has 1 N–H and O–H groups in total. The molecule has 0 aliphatic carbocycles. The molecule has 0 spiro atoms. The molecule has 3 aromatic rings. The predicted octanol–water partition coefficient (Wildman–Crippen LogP) is 5.59. The van der Waals surface area contributed by atoms with Crippen LogP contribution in [0.4, 0.5) is 15.0 Å². The van der Waals surface area contributed by atoms with Gasteiger partial charge in [0.2, 0.25) is 5.88 Å². The first-order chi connectivity index (χ1) is 17.5. The maximum Gasteiger partial charge on any atom is 0.410 e. The summed E-state index contributed by atoms with van der Waals surface area (Å²) in [6, 6.07) is 10.3. The van der Waals surface area contributed by atoms with Crippen molar-refractivity contribution in [2.75, 3.05) is 31.1 Å². The lowest BCUT2D eigenvalue weighted by atomic mass is 10.1. The number of piperazine rings is 1. The average molecular weight is 573 g/mol. The number of benzene rings is 1. The van der Waals surface area contributed by atoms with Gasteiger partial charge in [0.25, 0.3) is 0 Å². The molecule has 0 atom stereocenters. The Morgan fingerprint density at radius 1 is 1.05 bits per heavy atom. The Balaban J connectivity index is 1.46.